The lowest BCUT2D eigenvalue weighted by Crippen LogP contribution is -2.44. The second kappa shape index (κ2) is 11.4. The largest absolute Gasteiger partial charge is 0.357 e. The SMILES string of the molecule is CCNC(=NCc1ccc(C(=O)N(C)C)cc1)NC1CCC(C)CC1.I. The molecule has 0 aromatic heterocycles. The van der Waals surface area contributed by atoms with Crippen LogP contribution >= 0.6 is 24.0 Å². The zero-order valence-electron chi connectivity index (χ0n) is 16.4. The summed E-state index contributed by atoms with van der Waals surface area (Å²) in [5.74, 6) is 1.76. The summed E-state index contributed by atoms with van der Waals surface area (Å²) in [7, 11) is 3.53. The van der Waals surface area contributed by atoms with Crippen LogP contribution < -0.4 is 10.6 Å². The number of hydrogen-bond donors (Lipinski definition) is 2. The summed E-state index contributed by atoms with van der Waals surface area (Å²) in [6.45, 7) is 5.88. The zero-order valence-corrected chi connectivity index (χ0v) is 18.7. The van der Waals surface area contributed by atoms with Crippen LogP contribution in [0.1, 0.15) is 55.5 Å². The Morgan fingerprint density at radius 2 is 1.77 bits per heavy atom. The molecule has 1 aliphatic carbocycles. The molecule has 1 fully saturated rings. The molecule has 5 nitrogen and oxygen atoms in total. The maximum atomic E-state index is 11.9. The smallest absolute Gasteiger partial charge is 0.253 e. The Balaban J connectivity index is 0.00000338. The van der Waals surface area contributed by atoms with Crippen molar-refractivity contribution in [3.05, 3.63) is 35.4 Å². The molecular formula is C20H33IN4O. The van der Waals surface area contributed by atoms with Crippen molar-refractivity contribution in [2.24, 2.45) is 10.9 Å². The van der Waals surface area contributed by atoms with Gasteiger partial charge in [0.2, 0.25) is 0 Å². The van der Waals surface area contributed by atoms with Crippen LogP contribution in [0.3, 0.4) is 0 Å². The fraction of sp³-hybridized carbons (Fsp3) is 0.600. The quantitative estimate of drug-likeness (QED) is 0.391. The molecular weight excluding hydrogens is 439 g/mol. The fourth-order valence-electron chi connectivity index (χ4n) is 3.10. The predicted molar refractivity (Wildman–Crippen MR) is 119 cm³/mol. The summed E-state index contributed by atoms with van der Waals surface area (Å²) in [6.07, 6.45) is 5.01. The monoisotopic (exact) mass is 472 g/mol. The first-order valence-electron chi connectivity index (χ1n) is 9.35. The molecule has 2 N–H and O–H groups in total. The van der Waals surface area contributed by atoms with Crippen molar-refractivity contribution in [1.82, 2.24) is 15.5 Å². The number of carbonyl (C=O) groups is 1. The minimum atomic E-state index is 0. The highest BCUT2D eigenvalue weighted by atomic mass is 127. The molecule has 0 spiro atoms. The van der Waals surface area contributed by atoms with Crippen LogP contribution in [0.2, 0.25) is 0 Å². The minimum Gasteiger partial charge on any atom is -0.357 e. The lowest BCUT2D eigenvalue weighted by atomic mass is 9.87. The zero-order chi connectivity index (χ0) is 18.2. The molecule has 0 atom stereocenters. The molecule has 1 amide bonds. The van der Waals surface area contributed by atoms with Crippen LogP contribution in [0.4, 0.5) is 0 Å². The van der Waals surface area contributed by atoms with E-state index in [2.05, 4.69) is 24.5 Å². The van der Waals surface area contributed by atoms with Crippen molar-refractivity contribution >= 4 is 35.8 Å². The van der Waals surface area contributed by atoms with E-state index >= 15 is 0 Å². The molecule has 0 radical (unpaired) electrons. The van der Waals surface area contributed by atoms with Crippen molar-refractivity contribution in [1.29, 1.82) is 0 Å². The van der Waals surface area contributed by atoms with Crippen molar-refractivity contribution in [3.63, 3.8) is 0 Å². The first-order chi connectivity index (χ1) is 12.0. The summed E-state index contributed by atoms with van der Waals surface area (Å²) in [6, 6.07) is 8.22. The minimum absolute atomic E-state index is 0. The van der Waals surface area contributed by atoms with E-state index in [-0.39, 0.29) is 29.9 Å². The van der Waals surface area contributed by atoms with Gasteiger partial charge in [0.25, 0.3) is 5.91 Å². The maximum Gasteiger partial charge on any atom is 0.253 e. The van der Waals surface area contributed by atoms with Gasteiger partial charge in [-0.25, -0.2) is 4.99 Å². The molecule has 0 unspecified atom stereocenters. The molecule has 0 saturated heterocycles. The number of rotatable bonds is 5. The Hall–Kier alpha value is -1.31. The number of nitrogens with zero attached hydrogens (tertiary/aromatic N) is 2. The second-order valence-electron chi connectivity index (χ2n) is 7.19. The third-order valence-corrected chi connectivity index (χ3v) is 4.73. The number of carbonyl (C=O) groups excluding carboxylic acids is 1. The topological polar surface area (TPSA) is 56.7 Å². The highest BCUT2D eigenvalue weighted by Gasteiger charge is 2.18. The third-order valence-electron chi connectivity index (χ3n) is 4.73. The highest BCUT2D eigenvalue weighted by Crippen LogP contribution is 2.23. The normalized spacial score (nSPS) is 20.1. The lowest BCUT2D eigenvalue weighted by Gasteiger charge is -2.28. The first-order valence-corrected chi connectivity index (χ1v) is 9.35. The van der Waals surface area contributed by atoms with Gasteiger partial charge in [-0.3, -0.25) is 4.79 Å². The van der Waals surface area contributed by atoms with Gasteiger partial charge in [-0.2, -0.15) is 0 Å². The number of benzene rings is 1. The molecule has 6 heteroatoms. The number of aliphatic imine (C=N–C) groups is 1. The van der Waals surface area contributed by atoms with Crippen LogP contribution in [-0.4, -0.2) is 43.4 Å². The summed E-state index contributed by atoms with van der Waals surface area (Å²) in [4.78, 5) is 18.2. The Bertz CT molecular complexity index is 578. The summed E-state index contributed by atoms with van der Waals surface area (Å²) >= 11 is 0. The molecule has 0 aliphatic heterocycles. The second-order valence-corrected chi connectivity index (χ2v) is 7.19. The van der Waals surface area contributed by atoms with Crippen molar-refractivity contribution < 1.29 is 4.79 Å². The molecule has 1 aromatic rings. The molecule has 0 bridgehead atoms. The van der Waals surface area contributed by atoms with E-state index in [4.69, 9.17) is 4.99 Å². The molecule has 1 aliphatic rings. The van der Waals surface area contributed by atoms with E-state index in [1.165, 1.54) is 25.7 Å². The van der Waals surface area contributed by atoms with E-state index in [0.29, 0.717) is 18.2 Å². The summed E-state index contributed by atoms with van der Waals surface area (Å²) in [5, 5.41) is 6.90. The number of amides is 1. The van der Waals surface area contributed by atoms with Crippen molar-refractivity contribution in [2.45, 2.75) is 52.1 Å². The third kappa shape index (κ3) is 7.13. The van der Waals surface area contributed by atoms with E-state index in [1.807, 2.05) is 24.3 Å². The molecule has 146 valence electrons. The van der Waals surface area contributed by atoms with E-state index in [9.17, 15) is 4.79 Å². The van der Waals surface area contributed by atoms with Gasteiger partial charge in [0.05, 0.1) is 6.54 Å². The van der Waals surface area contributed by atoms with Gasteiger partial charge in [-0.1, -0.05) is 19.1 Å². The number of hydrogen-bond acceptors (Lipinski definition) is 2. The van der Waals surface area contributed by atoms with E-state index in [0.717, 1.165) is 24.0 Å². The molecule has 2 rings (SSSR count). The Kier molecular flexibility index (Phi) is 9.98. The average molecular weight is 472 g/mol. The van der Waals surface area contributed by atoms with Crippen LogP contribution in [-0.2, 0) is 6.54 Å². The summed E-state index contributed by atoms with van der Waals surface area (Å²) in [5.41, 5.74) is 1.81. The van der Waals surface area contributed by atoms with Crippen LogP contribution in [0.15, 0.2) is 29.3 Å². The van der Waals surface area contributed by atoms with Gasteiger partial charge in [0, 0.05) is 32.2 Å². The Labute approximate surface area is 175 Å². The van der Waals surface area contributed by atoms with Gasteiger partial charge >= 0.3 is 0 Å². The van der Waals surface area contributed by atoms with Crippen molar-refractivity contribution in [3.8, 4) is 0 Å². The van der Waals surface area contributed by atoms with Gasteiger partial charge < -0.3 is 15.5 Å². The Morgan fingerprint density at radius 3 is 2.31 bits per heavy atom. The predicted octanol–water partition coefficient (Wildman–Crippen LogP) is 3.64. The molecule has 26 heavy (non-hydrogen) atoms. The van der Waals surface area contributed by atoms with Gasteiger partial charge in [-0.05, 0) is 56.2 Å². The summed E-state index contributed by atoms with van der Waals surface area (Å²) < 4.78 is 0. The van der Waals surface area contributed by atoms with E-state index in [1.54, 1.807) is 19.0 Å². The fourth-order valence-corrected chi connectivity index (χ4v) is 3.10. The Morgan fingerprint density at radius 1 is 1.15 bits per heavy atom. The van der Waals surface area contributed by atoms with Gasteiger partial charge in [0.1, 0.15) is 0 Å². The number of nitrogens with one attached hydrogen (secondary N) is 2. The van der Waals surface area contributed by atoms with Crippen molar-refractivity contribution in [2.75, 3.05) is 20.6 Å². The van der Waals surface area contributed by atoms with Gasteiger partial charge in [-0.15, -0.1) is 24.0 Å². The maximum absolute atomic E-state index is 11.9. The van der Waals surface area contributed by atoms with Crippen LogP contribution in [0.5, 0.6) is 0 Å². The molecule has 1 saturated carbocycles. The van der Waals surface area contributed by atoms with E-state index < -0.39 is 0 Å². The molecule has 0 heterocycles. The number of halogens is 1. The highest BCUT2D eigenvalue weighted by molar-refractivity contribution is 14.0. The lowest BCUT2D eigenvalue weighted by molar-refractivity contribution is 0.0827. The van der Waals surface area contributed by atoms with Crippen LogP contribution in [0, 0.1) is 5.92 Å². The van der Waals surface area contributed by atoms with Gasteiger partial charge in [0.15, 0.2) is 5.96 Å². The van der Waals surface area contributed by atoms with Crippen LogP contribution in [0.25, 0.3) is 0 Å². The first kappa shape index (κ1) is 22.7. The average Bonchev–Trinajstić information content (AvgIpc) is 2.61. The standard InChI is InChI=1S/C20H32N4O.HI/c1-5-21-20(23-18-12-6-15(2)7-13-18)22-14-16-8-10-17(11-9-16)19(25)24(3)4;/h8-11,15,18H,5-7,12-14H2,1-4H3,(H2,21,22,23);1H. The molecule has 1 aromatic carbocycles. The number of guanidine groups is 1.